The van der Waals surface area contributed by atoms with Crippen LogP contribution in [0.15, 0.2) is 24.3 Å². The van der Waals surface area contributed by atoms with Gasteiger partial charge in [-0.1, -0.05) is 12.1 Å². The second-order valence-corrected chi connectivity index (χ2v) is 5.98. The topological polar surface area (TPSA) is 87.2 Å². The molecule has 1 aromatic carbocycles. The minimum absolute atomic E-state index is 0.00897. The summed E-state index contributed by atoms with van der Waals surface area (Å²) in [5.74, 6) is -0.894. The lowest BCUT2D eigenvalue weighted by molar-refractivity contribution is -0.166. The van der Waals surface area contributed by atoms with Crippen molar-refractivity contribution in [3.63, 3.8) is 0 Å². The van der Waals surface area contributed by atoms with Crippen molar-refractivity contribution in [1.29, 1.82) is 0 Å². The molecule has 2 aliphatic rings. The molecule has 2 aliphatic heterocycles. The van der Waals surface area contributed by atoms with E-state index in [1.165, 1.54) is 0 Å². The van der Waals surface area contributed by atoms with Crippen LogP contribution in [0.25, 0.3) is 0 Å². The Bertz CT molecular complexity index is 643. The van der Waals surface area contributed by atoms with Crippen molar-refractivity contribution >= 4 is 17.8 Å². The maximum absolute atomic E-state index is 12.5. The van der Waals surface area contributed by atoms with Crippen molar-refractivity contribution in [3.05, 3.63) is 35.4 Å². The van der Waals surface area contributed by atoms with Gasteiger partial charge in [0.05, 0.1) is 18.8 Å². The maximum atomic E-state index is 12.5. The first-order chi connectivity index (χ1) is 11.6. The maximum Gasteiger partial charge on any atom is 0.335 e. The summed E-state index contributed by atoms with van der Waals surface area (Å²) in [7, 11) is 0. The summed E-state index contributed by atoms with van der Waals surface area (Å²) >= 11 is 0. The van der Waals surface area contributed by atoms with E-state index in [-0.39, 0.29) is 23.5 Å². The highest BCUT2D eigenvalue weighted by Gasteiger charge is 2.38. The SMILES string of the molecule is O=C(O)c1ccc(CCC(=O)N2CCC(=O)N3CCOCC32)cc1. The Hall–Kier alpha value is -2.41. The number of benzene rings is 1. The van der Waals surface area contributed by atoms with Gasteiger partial charge < -0.3 is 19.6 Å². The summed E-state index contributed by atoms with van der Waals surface area (Å²) in [6.07, 6.45) is 0.930. The molecular formula is C17H20N2O5. The van der Waals surface area contributed by atoms with E-state index in [2.05, 4.69) is 0 Å². The first-order valence-electron chi connectivity index (χ1n) is 8.05. The Morgan fingerprint density at radius 1 is 1.21 bits per heavy atom. The van der Waals surface area contributed by atoms with Gasteiger partial charge in [-0.15, -0.1) is 0 Å². The molecule has 24 heavy (non-hydrogen) atoms. The molecule has 2 heterocycles. The molecule has 1 unspecified atom stereocenters. The fourth-order valence-corrected chi connectivity index (χ4v) is 3.15. The molecule has 1 atom stereocenters. The smallest absolute Gasteiger partial charge is 0.335 e. The molecule has 1 N–H and O–H groups in total. The lowest BCUT2D eigenvalue weighted by Crippen LogP contribution is -2.62. The highest BCUT2D eigenvalue weighted by molar-refractivity contribution is 5.87. The largest absolute Gasteiger partial charge is 0.478 e. The van der Waals surface area contributed by atoms with E-state index in [0.717, 1.165) is 5.56 Å². The number of aryl methyl sites for hydroxylation is 1. The number of carboxylic acids is 1. The number of carbonyl (C=O) groups excluding carboxylic acids is 2. The first kappa shape index (κ1) is 16.4. The van der Waals surface area contributed by atoms with Gasteiger partial charge in [-0.3, -0.25) is 9.59 Å². The van der Waals surface area contributed by atoms with Gasteiger partial charge in [-0.05, 0) is 24.1 Å². The summed E-state index contributed by atoms with van der Waals surface area (Å²) in [6.45, 7) is 1.84. The zero-order chi connectivity index (χ0) is 17.1. The number of hydrogen-bond acceptors (Lipinski definition) is 4. The van der Waals surface area contributed by atoms with E-state index in [1.54, 1.807) is 34.1 Å². The third-order valence-electron chi connectivity index (χ3n) is 4.50. The molecule has 0 aromatic heterocycles. The van der Waals surface area contributed by atoms with Crippen LogP contribution in [0, 0.1) is 0 Å². The number of carboxylic acid groups (broad SMARTS) is 1. The quantitative estimate of drug-likeness (QED) is 0.878. The minimum Gasteiger partial charge on any atom is -0.478 e. The third kappa shape index (κ3) is 3.41. The zero-order valence-electron chi connectivity index (χ0n) is 13.3. The number of nitrogens with zero attached hydrogens (tertiary/aromatic N) is 2. The number of carbonyl (C=O) groups is 3. The van der Waals surface area contributed by atoms with E-state index in [4.69, 9.17) is 9.84 Å². The molecule has 3 rings (SSSR count). The number of morpholine rings is 1. The van der Waals surface area contributed by atoms with Crippen LogP contribution in [0.3, 0.4) is 0 Å². The van der Waals surface area contributed by atoms with Crippen LogP contribution < -0.4 is 0 Å². The molecule has 0 saturated carbocycles. The van der Waals surface area contributed by atoms with Crippen LogP contribution in [-0.2, 0) is 20.7 Å². The number of rotatable bonds is 4. The molecule has 2 amide bonds. The fourth-order valence-electron chi connectivity index (χ4n) is 3.15. The Morgan fingerprint density at radius 3 is 2.67 bits per heavy atom. The minimum atomic E-state index is -0.965. The van der Waals surface area contributed by atoms with Crippen LogP contribution in [0.5, 0.6) is 0 Å². The summed E-state index contributed by atoms with van der Waals surface area (Å²) in [5.41, 5.74) is 1.15. The van der Waals surface area contributed by atoms with Crippen LogP contribution in [0.2, 0.25) is 0 Å². The van der Waals surface area contributed by atoms with E-state index in [1.807, 2.05) is 0 Å². The average Bonchev–Trinajstić information content (AvgIpc) is 2.60. The lowest BCUT2D eigenvalue weighted by atomic mass is 10.1. The van der Waals surface area contributed by atoms with E-state index >= 15 is 0 Å². The highest BCUT2D eigenvalue weighted by atomic mass is 16.5. The molecule has 0 radical (unpaired) electrons. The van der Waals surface area contributed by atoms with Gasteiger partial charge in [0, 0.05) is 25.9 Å². The van der Waals surface area contributed by atoms with Crippen molar-refractivity contribution in [1.82, 2.24) is 9.80 Å². The summed E-state index contributed by atoms with van der Waals surface area (Å²) in [6, 6.07) is 6.54. The van der Waals surface area contributed by atoms with Gasteiger partial charge in [0.15, 0.2) is 0 Å². The normalized spacial score (nSPS) is 20.7. The fraction of sp³-hybridized carbons (Fsp3) is 0.471. The summed E-state index contributed by atoms with van der Waals surface area (Å²) in [5, 5.41) is 8.89. The molecule has 1 aromatic rings. The van der Waals surface area contributed by atoms with Crippen LogP contribution in [-0.4, -0.2) is 65.2 Å². The number of fused-ring (bicyclic) bond motifs is 1. The van der Waals surface area contributed by atoms with Gasteiger partial charge in [-0.2, -0.15) is 0 Å². The molecule has 2 fully saturated rings. The average molecular weight is 332 g/mol. The molecule has 0 aliphatic carbocycles. The van der Waals surface area contributed by atoms with Gasteiger partial charge >= 0.3 is 5.97 Å². The number of ether oxygens (including phenoxy) is 1. The second-order valence-electron chi connectivity index (χ2n) is 5.98. The van der Waals surface area contributed by atoms with Crippen LogP contribution in [0.1, 0.15) is 28.8 Å². The Kier molecular flexibility index (Phi) is 4.80. The molecule has 0 bridgehead atoms. The lowest BCUT2D eigenvalue weighted by Gasteiger charge is -2.45. The number of amides is 2. The second kappa shape index (κ2) is 7.00. The van der Waals surface area contributed by atoms with Crippen LogP contribution >= 0.6 is 0 Å². The molecule has 7 heteroatoms. The van der Waals surface area contributed by atoms with E-state index < -0.39 is 5.97 Å². The van der Waals surface area contributed by atoms with Crippen LogP contribution in [0.4, 0.5) is 0 Å². The van der Waals surface area contributed by atoms with Crippen molar-refractivity contribution in [3.8, 4) is 0 Å². The van der Waals surface area contributed by atoms with Gasteiger partial charge in [0.25, 0.3) is 0 Å². The zero-order valence-corrected chi connectivity index (χ0v) is 13.3. The molecule has 7 nitrogen and oxygen atoms in total. The molecule has 0 spiro atoms. The van der Waals surface area contributed by atoms with E-state index in [9.17, 15) is 14.4 Å². The Balaban J connectivity index is 1.60. The monoisotopic (exact) mass is 332 g/mol. The summed E-state index contributed by atoms with van der Waals surface area (Å²) < 4.78 is 5.42. The number of hydrogen-bond donors (Lipinski definition) is 1. The highest BCUT2D eigenvalue weighted by Crippen LogP contribution is 2.20. The molecule has 2 saturated heterocycles. The van der Waals surface area contributed by atoms with Crippen molar-refractivity contribution in [2.24, 2.45) is 0 Å². The molecule has 128 valence electrons. The third-order valence-corrected chi connectivity index (χ3v) is 4.50. The molecular weight excluding hydrogens is 312 g/mol. The number of aromatic carboxylic acids is 1. The van der Waals surface area contributed by atoms with Gasteiger partial charge in [0.2, 0.25) is 11.8 Å². The van der Waals surface area contributed by atoms with Crippen molar-refractivity contribution in [2.45, 2.75) is 25.4 Å². The summed E-state index contributed by atoms with van der Waals surface area (Å²) in [4.78, 5) is 38.8. The van der Waals surface area contributed by atoms with Gasteiger partial charge in [0.1, 0.15) is 6.17 Å². The first-order valence-corrected chi connectivity index (χ1v) is 8.05. The standard InChI is InChI=1S/C17H20N2O5/c20-15(6-3-12-1-4-13(5-2-12)17(22)23)18-8-7-16(21)19-9-10-24-11-14(18)19/h1-2,4-5,14H,3,6-11H2,(H,22,23). The Morgan fingerprint density at radius 2 is 1.96 bits per heavy atom. The predicted molar refractivity (Wildman–Crippen MR) is 84.4 cm³/mol. The van der Waals surface area contributed by atoms with Crippen molar-refractivity contribution < 1.29 is 24.2 Å². The van der Waals surface area contributed by atoms with Crippen molar-refractivity contribution in [2.75, 3.05) is 26.3 Å². The predicted octanol–water partition coefficient (Wildman–Crippen LogP) is 0.735. The Labute approximate surface area is 139 Å². The van der Waals surface area contributed by atoms with Gasteiger partial charge in [-0.25, -0.2) is 4.79 Å². The van der Waals surface area contributed by atoms with E-state index in [0.29, 0.717) is 45.6 Å².